The van der Waals surface area contributed by atoms with Crippen molar-refractivity contribution in [2.75, 3.05) is 7.05 Å². The van der Waals surface area contributed by atoms with Crippen LogP contribution in [0.5, 0.6) is 5.75 Å². The lowest BCUT2D eigenvalue weighted by atomic mass is 9.79. The van der Waals surface area contributed by atoms with Crippen LogP contribution in [0.4, 0.5) is 8.78 Å². The third kappa shape index (κ3) is 3.07. The summed E-state index contributed by atoms with van der Waals surface area (Å²) in [6.45, 7) is 0. The van der Waals surface area contributed by atoms with Crippen molar-refractivity contribution in [2.45, 2.75) is 37.3 Å². The minimum Gasteiger partial charge on any atom is -0.490 e. The van der Waals surface area contributed by atoms with Gasteiger partial charge in [-0.2, -0.15) is 0 Å². The fourth-order valence-electron chi connectivity index (χ4n) is 2.69. The van der Waals surface area contributed by atoms with Gasteiger partial charge in [-0.15, -0.1) is 0 Å². The molecule has 1 saturated carbocycles. The number of hydrogen-bond acceptors (Lipinski definition) is 3. The number of ether oxygens (including phenoxy) is 1. The lowest BCUT2D eigenvalue weighted by molar-refractivity contribution is -0.126. The predicted molar refractivity (Wildman–Crippen MR) is 70.2 cm³/mol. The van der Waals surface area contributed by atoms with E-state index in [1.54, 1.807) is 7.05 Å². The standard InChI is InChI=1S/C14H18F2N2O2/c1-18-14(13(17)19)4-2-3-11(8-14)20-12-6-9(15)5-10(16)7-12/h5-7,11,18H,2-4,8H2,1H3,(H2,17,19). The Bertz CT molecular complexity index is 490. The van der Waals surface area contributed by atoms with Crippen LogP contribution in [-0.2, 0) is 4.79 Å². The van der Waals surface area contributed by atoms with Crippen LogP contribution < -0.4 is 15.8 Å². The Labute approximate surface area is 116 Å². The summed E-state index contributed by atoms with van der Waals surface area (Å²) < 4.78 is 31.8. The average Bonchev–Trinajstić information content (AvgIpc) is 2.37. The largest absolute Gasteiger partial charge is 0.490 e. The van der Waals surface area contributed by atoms with Gasteiger partial charge in [-0.05, 0) is 26.3 Å². The smallest absolute Gasteiger partial charge is 0.237 e. The van der Waals surface area contributed by atoms with Crippen LogP contribution in [0.15, 0.2) is 18.2 Å². The third-order valence-electron chi connectivity index (χ3n) is 3.79. The van der Waals surface area contributed by atoms with Crippen molar-refractivity contribution in [2.24, 2.45) is 5.73 Å². The number of rotatable bonds is 4. The Morgan fingerprint density at radius 2 is 2.05 bits per heavy atom. The van der Waals surface area contributed by atoms with Crippen LogP contribution in [0, 0.1) is 11.6 Å². The summed E-state index contributed by atoms with van der Waals surface area (Å²) in [6, 6.07) is 3.04. The van der Waals surface area contributed by atoms with E-state index >= 15 is 0 Å². The number of hydrogen-bond donors (Lipinski definition) is 2. The second-order valence-electron chi connectivity index (χ2n) is 5.14. The fraction of sp³-hybridized carbons (Fsp3) is 0.500. The molecule has 0 aliphatic heterocycles. The molecule has 0 spiro atoms. The first kappa shape index (κ1) is 14.7. The molecule has 110 valence electrons. The molecular weight excluding hydrogens is 266 g/mol. The SMILES string of the molecule is CNC1(C(N)=O)CCCC(Oc2cc(F)cc(F)c2)C1. The second-order valence-corrected chi connectivity index (χ2v) is 5.14. The Morgan fingerprint density at radius 1 is 1.40 bits per heavy atom. The molecule has 1 aromatic carbocycles. The lowest BCUT2D eigenvalue weighted by Gasteiger charge is -2.38. The van der Waals surface area contributed by atoms with Crippen molar-refractivity contribution in [3.8, 4) is 5.75 Å². The summed E-state index contributed by atoms with van der Waals surface area (Å²) in [4.78, 5) is 11.6. The Kier molecular flexibility index (Phi) is 4.23. The van der Waals surface area contributed by atoms with E-state index in [0.29, 0.717) is 12.8 Å². The van der Waals surface area contributed by atoms with E-state index in [4.69, 9.17) is 10.5 Å². The Hall–Kier alpha value is -1.69. The number of amides is 1. The van der Waals surface area contributed by atoms with Gasteiger partial charge in [0.2, 0.25) is 5.91 Å². The number of nitrogens with two attached hydrogens (primary N) is 1. The van der Waals surface area contributed by atoms with Gasteiger partial charge >= 0.3 is 0 Å². The van der Waals surface area contributed by atoms with Gasteiger partial charge in [0.1, 0.15) is 29.0 Å². The van der Waals surface area contributed by atoms with Gasteiger partial charge in [-0.3, -0.25) is 4.79 Å². The van der Waals surface area contributed by atoms with Gasteiger partial charge in [-0.1, -0.05) is 0 Å². The fourth-order valence-corrected chi connectivity index (χ4v) is 2.69. The van der Waals surface area contributed by atoms with Crippen LogP contribution in [0.25, 0.3) is 0 Å². The molecule has 0 saturated heterocycles. The topological polar surface area (TPSA) is 64.3 Å². The number of carbonyl (C=O) groups is 1. The van der Waals surface area contributed by atoms with E-state index in [9.17, 15) is 13.6 Å². The summed E-state index contributed by atoms with van der Waals surface area (Å²) in [5.41, 5.74) is 4.63. The number of likely N-dealkylation sites (N-methyl/N-ethyl adjacent to an activating group) is 1. The molecule has 2 rings (SSSR count). The van der Waals surface area contributed by atoms with Crippen LogP contribution in [-0.4, -0.2) is 24.6 Å². The number of halogens is 2. The first-order valence-electron chi connectivity index (χ1n) is 6.57. The monoisotopic (exact) mass is 284 g/mol. The molecule has 2 atom stereocenters. The zero-order valence-corrected chi connectivity index (χ0v) is 11.3. The van der Waals surface area contributed by atoms with Crippen molar-refractivity contribution < 1.29 is 18.3 Å². The summed E-state index contributed by atoms with van der Waals surface area (Å²) in [6.07, 6.45) is 2.19. The second kappa shape index (κ2) is 5.75. The molecule has 1 fully saturated rings. The quantitative estimate of drug-likeness (QED) is 0.885. The van der Waals surface area contributed by atoms with E-state index in [0.717, 1.165) is 31.0 Å². The lowest BCUT2D eigenvalue weighted by Crippen LogP contribution is -2.58. The normalized spacial score (nSPS) is 26.2. The highest BCUT2D eigenvalue weighted by atomic mass is 19.1. The van der Waals surface area contributed by atoms with Crippen molar-refractivity contribution in [1.82, 2.24) is 5.32 Å². The Morgan fingerprint density at radius 3 is 2.60 bits per heavy atom. The van der Waals surface area contributed by atoms with Gasteiger partial charge < -0.3 is 15.8 Å². The maximum absolute atomic E-state index is 13.1. The molecule has 0 aromatic heterocycles. The van der Waals surface area contributed by atoms with Crippen LogP contribution >= 0.6 is 0 Å². The van der Waals surface area contributed by atoms with Crippen molar-refractivity contribution in [3.05, 3.63) is 29.8 Å². The van der Waals surface area contributed by atoms with Gasteiger partial charge in [0, 0.05) is 24.6 Å². The number of benzene rings is 1. The highest BCUT2D eigenvalue weighted by molar-refractivity contribution is 5.84. The highest BCUT2D eigenvalue weighted by Gasteiger charge is 2.41. The van der Waals surface area contributed by atoms with Crippen LogP contribution in [0.1, 0.15) is 25.7 Å². The summed E-state index contributed by atoms with van der Waals surface area (Å²) in [7, 11) is 1.68. The molecule has 0 bridgehead atoms. The van der Waals surface area contributed by atoms with Crippen molar-refractivity contribution in [1.29, 1.82) is 0 Å². The highest BCUT2D eigenvalue weighted by Crippen LogP contribution is 2.31. The van der Waals surface area contributed by atoms with E-state index in [2.05, 4.69) is 5.32 Å². The number of primary amides is 1. The van der Waals surface area contributed by atoms with Gasteiger partial charge in [0.15, 0.2) is 0 Å². The number of carbonyl (C=O) groups excluding carboxylic acids is 1. The minimum atomic E-state index is -0.811. The van der Waals surface area contributed by atoms with Gasteiger partial charge in [-0.25, -0.2) is 8.78 Å². The molecule has 1 aliphatic carbocycles. The van der Waals surface area contributed by atoms with E-state index in [1.165, 1.54) is 0 Å². The van der Waals surface area contributed by atoms with Crippen molar-refractivity contribution >= 4 is 5.91 Å². The zero-order chi connectivity index (χ0) is 14.8. The van der Waals surface area contributed by atoms with Crippen molar-refractivity contribution in [3.63, 3.8) is 0 Å². The summed E-state index contributed by atoms with van der Waals surface area (Å²) in [5, 5.41) is 2.95. The van der Waals surface area contributed by atoms with Gasteiger partial charge in [0.25, 0.3) is 0 Å². The molecule has 6 heteroatoms. The maximum Gasteiger partial charge on any atom is 0.237 e. The molecule has 1 aliphatic rings. The molecule has 1 aromatic rings. The minimum absolute atomic E-state index is 0.129. The van der Waals surface area contributed by atoms with Crippen LogP contribution in [0.2, 0.25) is 0 Å². The summed E-state index contributed by atoms with van der Waals surface area (Å²) in [5.74, 6) is -1.68. The average molecular weight is 284 g/mol. The van der Waals surface area contributed by atoms with Crippen LogP contribution in [0.3, 0.4) is 0 Å². The molecule has 2 unspecified atom stereocenters. The first-order chi connectivity index (χ1) is 9.45. The third-order valence-corrected chi connectivity index (χ3v) is 3.79. The van der Waals surface area contributed by atoms with Gasteiger partial charge in [0.05, 0.1) is 0 Å². The first-order valence-corrected chi connectivity index (χ1v) is 6.57. The molecule has 0 heterocycles. The molecule has 0 radical (unpaired) electrons. The van der Waals surface area contributed by atoms with E-state index < -0.39 is 23.1 Å². The molecule has 20 heavy (non-hydrogen) atoms. The Balaban J connectivity index is 2.11. The predicted octanol–water partition coefficient (Wildman–Crippen LogP) is 1.73. The maximum atomic E-state index is 13.1. The summed E-state index contributed by atoms with van der Waals surface area (Å²) >= 11 is 0. The molecule has 1 amide bonds. The zero-order valence-electron chi connectivity index (χ0n) is 11.3. The molecular formula is C14H18F2N2O2. The van der Waals surface area contributed by atoms with E-state index in [-0.39, 0.29) is 11.9 Å². The number of nitrogens with one attached hydrogen (secondary N) is 1. The van der Waals surface area contributed by atoms with E-state index in [1.807, 2.05) is 0 Å². The molecule has 3 N–H and O–H groups in total. The molecule has 4 nitrogen and oxygen atoms in total.